The number of carbonyl (C=O) groups excluding carboxylic acids is 2. The predicted molar refractivity (Wildman–Crippen MR) is 99.7 cm³/mol. The Hall–Kier alpha value is -2.82. The number of para-hydroxylation sites is 1. The largest absolute Gasteiger partial charge is 0.496 e. The van der Waals surface area contributed by atoms with Gasteiger partial charge < -0.3 is 14.8 Å². The van der Waals surface area contributed by atoms with Gasteiger partial charge in [-0.15, -0.1) is 0 Å². The van der Waals surface area contributed by atoms with Gasteiger partial charge >= 0.3 is 5.97 Å². The van der Waals surface area contributed by atoms with Crippen LogP contribution in [0.5, 0.6) is 5.75 Å². The summed E-state index contributed by atoms with van der Waals surface area (Å²) >= 11 is 0. The van der Waals surface area contributed by atoms with Crippen molar-refractivity contribution < 1.29 is 19.1 Å². The highest BCUT2D eigenvalue weighted by atomic mass is 16.5. The lowest BCUT2D eigenvalue weighted by Crippen LogP contribution is -2.45. The van der Waals surface area contributed by atoms with Crippen LogP contribution in [0, 0.1) is 5.92 Å². The molecule has 0 fully saturated rings. The van der Waals surface area contributed by atoms with Crippen molar-refractivity contribution in [3.05, 3.63) is 65.7 Å². The molecule has 0 aliphatic rings. The standard InChI is InChI=1S/C21H25NO4/c1-15(2)20(22-19(23)13-16-9-5-4-6-10-16)21(24)26-14-17-11-7-8-12-18(17)25-3/h4-12,15,20H,13-14H2,1-3H3,(H,22,23). The minimum Gasteiger partial charge on any atom is -0.496 e. The molecule has 0 heterocycles. The fourth-order valence-electron chi connectivity index (χ4n) is 2.56. The van der Waals surface area contributed by atoms with Gasteiger partial charge in [-0.1, -0.05) is 62.4 Å². The molecule has 5 nitrogen and oxygen atoms in total. The van der Waals surface area contributed by atoms with Gasteiger partial charge in [0.15, 0.2) is 0 Å². The molecular weight excluding hydrogens is 330 g/mol. The van der Waals surface area contributed by atoms with E-state index >= 15 is 0 Å². The number of rotatable bonds is 8. The zero-order valence-electron chi connectivity index (χ0n) is 15.4. The third-order valence-corrected chi connectivity index (χ3v) is 4.01. The first-order valence-corrected chi connectivity index (χ1v) is 8.63. The minimum atomic E-state index is -0.694. The van der Waals surface area contributed by atoms with Gasteiger partial charge in [0, 0.05) is 5.56 Å². The summed E-state index contributed by atoms with van der Waals surface area (Å²) in [5.41, 5.74) is 1.68. The molecule has 1 N–H and O–H groups in total. The van der Waals surface area contributed by atoms with Crippen LogP contribution in [0.15, 0.2) is 54.6 Å². The SMILES string of the molecule is COc1ccccc1COC(=O)C(NC(=O)Cc1ccccc1)C(C)C. The van der Waals surface area contributed by atoms with Crippen LogP contribution in [0.2, 0.25) is 0 Å². The van der Waals surface area contributed by atoms with E-state index in [1.165, 1.54) is 0 Å². The lowest BCUT2D eigenvalue weighted by molar-refractivity contribution is -0.150. The third kappa shape index (κ3) is 5.62. The van der Waals surface area contributed by atoms with Crippen LogP contribution in [0.25, 0.3) is 0 Å². The average molecular weight is 355 g/mol. The number of hydrogen-bond acceptors (Lipinski definition) is 4. The van der Waals surface area contributed by atoms with Gasteiger partial charge in [-0.2, -0.15) is 0 Å². The first-order valence-electron chi connectivity index (χ1n) is 8.63. The second-order valence-corrected chi connectivity index (χ2v) is 6.37. The number of methoxy groups -OCH3 is 1. The fraction of sp³-hybridized carbons (Fsp3) is 0.333. The summed E-state index contributed by atoms with van der Waals surface area (Å²) in [5, 5.41) is 2.78. The normalized spacial score (nSPS) is 11.7. The summed E-state index contributed by atoms with van der Waals surface area (Å²) < 4.78 is 10.7. The Kier molecular flexibility index (Phi) is 7.21. The number of esters is 1. The molecule has 1 unspecified atom stereocenters. The molecule has 0 aliphatic heterocycles. The molecule has 5 heteroatoms. The Morgan fingerprint density at radius 3 is 2.31 bits per heavy atom. The maximum atomic E-state index is 12.5. The Morgan fingerprint density at radius 2 is 1.65 bits per heavy atom. The topological polar surface area (TPSA) is 64.6 Å². The van der Waals surface area contributed by atoms with Gasteiger partial charge in [-0.05, 0) is 17.5 Å². The Balaban J connectivity index is 1.95. The first kappa shape index (κ1) is 19.5. The molecule has 0 aliphatic carbocycles. The van der Waals surface area contributed by atoms with Crippen molar-refractivity contribution in [3.8, 4) is 5.75 Å². The smallest absolute Gasteiger partial charge is 0.329 e. The monoisotopic (exact) mass is 355 g/mol. The van der Waals surface area contributed by atoms with Crippen LogP contribution in [0.3, 0.4) is 0 Å². The van der Waals surface area contributed by atoms with Crippen molar-refractivity contribution in [1.82, 2.24) is 5.32 Å². The summed E-state index contributed by atoms with van der Waals surface area (Å²) in [7, 11) is 1.57. The highest BCUT2D eigenvalue weighted by Gasteiger charge is 2.26. The number of carbonyl (C=O) groups is 2. The van der Waals surface area contributed by atoms with Crippen LogP contribution >= 0.6 is 0 Å². The van der Waals surface area contributed by atoms with Crippen LogP contribution in [-0.4, -0.2) is 25.0 Å². The molecule has 1 amide bonds. The maximum absolute atomic E-state index is 12.5. The highest BCUT2D eigenvalue weighted by Crippen LogP contribution is 2.18. The van der Waals surface area contributed by atoms with Crippen LogP contribution < -0.4 is 10.1 Å². The molecule has 0 saturated carbocycles. The molecule has 0 spiro atoms. The molecule has 1 atom stereocenters. The summed E-state index contributed by atoms with van der Waals surface area (Å²) in [4.78, 5) is 24.7. The van der Waals surface area contributed by atoms with Crippen molar-refractivity contribution in [3.63, 3.8) is 0 Å². The second kappa shape index (κ2) is 9.61. The van der Waals surface area contributed by atoms with E-state index < -0.39 is 12.0 Å². The summed E-state index contributed by atoms with van der Waals surface area (Å²) in [5.74, 6) is -0.0779. The molecule has 138 valence electrons. The molecule has 0 radical (unpaired) electrons. The van der Waals surface area contributed by atoms with Gasteiger partial charge in [-0.25, -0.2) is 4.79 Å². The molecule has 0 aromatic heterocycles. The molecule has 0 saturated heterocycles. The van der Waals surface area contributed by atoms with Gasteiger partial charge in [0.05, 0.1) is 13.5 Å². The summed E-state index contributed by atoms with van der Waals surface area (Å²) in [6.45, 7) is 3.84. The van der Waals surface area contributed by atoms with E-state index in [1.807, 2.05) is 68.4 Å². The molecule has 2 rings (SSSR count). The minimum absolute atomic E-state index is 0.0834. The number of benzene rings is 2. The molecular formula is C21H25NO4. The van der Waals surface area contributed by atoms with Gasteiger partial charge in [0.2, 0.25) is 5.91 Å². The van der Waals surface area contributed by atoms with E-state index in [-0.39, 0.29) is 24.9 Å². The number of amides is 1. The first-order chi connectivity index (χ1) is 12.5. The zero-order valence-corrected chi connectivity index (χ0v) is 15.4. The predicted octanol–water partition coefficient (Wildman–Crippen LogP) is 3.12. The van der Waals surface area contributed by atoms with Crippen molar-refractivity contribution in [2.24, 2.45) is 5.92 Å². The second-order valence-electron chi connectivity index (χ2n) is 6.37. The van der Waals surface area contributed by atoms with Crippen molar-refractivity contribution in [2.75, 3.05) is 7.11 Å². The van der Waals surface area contributed by atoms with Crippen molar-refractivity contribution in [1.29, 1.82) is 0 Å². The number of hydrogen-bond donors (Lipinski definition) is 1. The Morgan fingerprint density at radius 1 is 1.00 bits per heavy atom. The quantitative estimate of drug-likeness (QED) is 0.739. The lowest BCUT2D eigenvalue weighted by Gasteiger charge is -2.21. The number of nitrogens with one attached hydrogen (secondary N) is 1. The zero-order chi connectivity index (χ0) is 18.9. The van der Waals surface area contributed by atoms with E-state index in [0.717, 1.165) is 11.1 Å². The highest BCUT2D eigenvalue weighted by molar-refractivity contribution is 5.85. The number of ether oxygens (including phenoxy) is 2. The molecule has 2 aromatic carbocycles. The van der Waals surface area contributed by atoms with Crippen LogP contribution in [0.4, 0.5) is 0 Å². The van der Waals surface area contributed by atoms with E-state index in [1.54, 1.807) is 7.11 Å². The maximum Gasteiger partial charge on any atom is 0.329 e. The molecule has 26 heavy (non-hydrogen) atoms. The van der Waals surface area contributed by atoms with Crippen LogP contribution in [-0.2, 0) is 27.4 Å². The van der Waals surface area contributed by atoms with E-state index in [0.29, 0.717) is 5.75 Å². The summed E-state index contributed by atoms with van der Waals surface area (Å²) in [6.07, 6.45) is 0.226. The van der Waals surface area contributed by atoms with E-state index in [9.17, 15) is 9.59 Å². The lowest BCUT2D eigenvalue weighted by atomic mass is 10.0. The molecule has 2 aromatic rings. The van der Waals surface area contributed by atoms with E-state index in [4.69, 9.17) is 9.47 Å². The Labute approximate surface area is 154 Å². The average Bonchev–Trinajstić information content (AvgIpc) is 2.65. The Bertz CT molecular complexity index is 728. The molecule has 0 bridgehead atoms. The van der Waals surface area contributed by atoms with Crippen molar-refractivity contribution in [2.45, 2.75) is 32.9 Å². The fourth-order valence-corrected chi connectivity index (χ4v) is 2.56. The van der Waals surface area contributed by atoms with Gasteiger partial charge in [0.25, 0.3) is 0 Å². The van der Waals surface area contributed by atoms with Crippen LogP contribution in [0.1, 0.15) is 25.0 Å². The van der Waals surface area contributed by atoms with E-state index in [2.05, 4.69) is 5.32 Å². The third-order valence-electron chi connectivity index (χ3n) is 4.01. The van der Waals surface area contributed by atoms with Gasteiger partial charge in [-0.3, -0.25) is 4.79 Å². The van der Waals surface area contributed by atoms with Gasteiger partial charge in [0.1, 0.15) is 18.4 Å². The summed E-state index contributed by atoms with van der Waals surface area (Å²) in [6, 6.07) is 16.1. The van der Waals surface area contributed by atoms with Crippen molar-refractivity contribution >= 4 is 11.9 Å².